The van der Waals surface area contributed by atoms with Gasteiger partial charge in [-0.2, -0.15) is 5.26 Å². The highest BCUT2D eigenvalue weighted by Crippen LogP contribution is 1.89. The van der Waals surface area contributed by atoms with Crippen molar-refractivity contribution < 1.29 is 19.3 Å². The molecule has 0 bridgehead atoms. The van der Waals surface area contributed by atoms with Gasteiger partial charge in [0, 0.05) is 13.8 Å². The van der Waals surface area contributed by atoms with E-state index in [0.717, 1.165) is 13.8 Å². The zero-order valence-electron chi connectivity index (χ0n) is 8.47. The van der Waals surface area contributed by atoms with E-state index in [1.807, 2.05) is 0 Å². The number of oxime groups is 2. The second-order valence-electron chi connectivity index (χ2n) is 2.39. The van der Waals surface area contributed by atoms with E-state index in [-0.39, 0.29) is 11.4 Å². The summed E-state index contributed by atoms with van der Waals surface area (Å²) in [5.41, 5.74) is -0.208. The molecule has 80 valence electrons. The van der Waals surface area contributed by atoms with E-state index >= 15 is 0 Å². The minimum Gasteiger partial charge on any atom is -0.318 e. The van der Waals surface area contributed by atoms with Crippen molar-refractivity contribution in [3.8, 4) is 6.07 Å². The molecular formula is C8H9N3O4. The molecule has 0 rings (SSSR count). The van der Waals surface area contributed by atoms with Gasteiger partial charge in [0.25, 0.3) is 0 Å². The van der Waals surface area contributed by atoms with E-state index in [4.69, 9.17) is 5.26 Å². The Kier molecular flexibility index (Phi) is 5.33. The SMILES string of the molecule is CC(=O)O/N=C(C#N)/C(C)=N/OC(C)=O. The number of carbonyl (C=O) groups is 2. The van der Waals surface area contributed by atoms with Gasteiger partial charge in [0.15, 0.2) is 0 Å². The standard InChI is InChI=1S/C8H9N3O4/c1-5(10-14-6(2)12)8(4-9)11-15-7(3)13/h1-3H3/b10-5+,11-8+. The third-order valence-electron chi connectivity index (χ3n) is 1.03. The van der Waals surface area contributed by atoms with Crippen LogP contribution in [-0.2, 0) is 19.3 Å². The minimum atomic E-state index is -0.664. The first kappa shape index (κ1) is 12.8. The highest BCUT2D eigenvalue weighted by atomic mass is 16.7. The molecule has 7 heteroatoms. The van der Waals surface area contributed by atoms with Gasteiger partial charge in [0.1, 0.15) is 11.8 Å². The maximum absolute atomic E-state index is 10.4. The Bertz CT molecular complexity index is 365. The highest BCUT2D eigenvalue weighted by molar-refractivity contribution is 6.47. The Morgan fingerprint density at radius 3 is 1.93 bits per heavy atom. The van der Waals surface area contributed by atoms with Gasteiger partial charge in [-0.3, -0.25) is 0 Å². The van der Waals surface area contributed by atoms with Crippen LogP contribution in [0.15, 0.2) is 10.3 Å². The van der Waals surface area contributed by atoms with E-state index in [1.54, 1.807) is 6.07 Å². The van der Waals surface area contributed by atoms with Gasteiger partial charge in [-0.1, -0.05) is 10.3 Å². The van der Waals surface area contributed by atoms with Crippen LogP contribution in [0.1, 0.15) is 20.8 Å². The average molecular weight is 211 g/mol. The lowest BCUT2D eigenvalue weighted by molar-refractivity contribution is -0.142. The molecule has 0 aromatic carbocycles. The van der Waals surface area contributed by atoms with Crippen molar-refractivity contribution in [2.45, 2.75) is 20.8 Å². The summed E-state index contributed by atoms with van der Waals surface area (Å²) in [5, 5.41) is 15.1. The zero-order chi connectivity index (χ0) is 11.8. The van der Waals surface area contributed by atoms with Crippen molar-refractivity contribution in [3.05, 3.63) is 0 Å². The molecule has 0 unspecified atom stereocenters. The monoisotopic (exact) mass is 211 g/mol. The zero-order valence-corrected chi connectivity index (χ0v) is 8.47. The predicted octanol–water partition coefficient (Wildman–Crippen LogP) is 0.368. The number of carbonyl (C=O) groups excluding carboxylic acids is 2. The van der Waals surface area contributed by atoms with Crippen LogP contribution in [0.5, 0.6) is 0 Å². The number of hydrogen-bond acceptors (Lipinski definition) is 7. The van der Waals surface area contributed by atoms with Crippen LogP contribution in [0.3, 0.4) is 0 Å². The number of hydrogen-bond donors (Lipinski definition) is 0. The fourth-order valence-electron chi connectivity index (χ4n) is 0.453. The van der Waals surface area contributed by atoms with Crippen LogP contribution in [0.2, 0.25) is 0 Å². The lowest BCUT2D eigenvalue weighted by atomic mass is 10.3. The number of nitrogens with zero attached hydrogens (tertiary/aromatic N) is 3. The molecule has 0 atom stereocenters. The Hall–Kier alpha value is -2.23. The van der Waals surface area contributed by atoms with Crippen molar-refractivity contribution in [2.24, 2.45) is 10.3 Å². The largest absolute Gasteiger partial charge is 0.332 e. The maximum Gasteiger partial charge on any atom is 0.332 e. The summed E-state index contributed by atoms with van der Waals surface area (Å²) in [6.07, 6.45) is 0. The third kappa shape index (κ3) is 5.93. The molecule has 0 spiro atoms. The molecule has 0 saturated carbocycles. The van der Waals surface area contributed by atoms with Crippen molar-refractivity contribution in [1.82, 2.24) is 0 Å². The van der Waals surface area contributed by atoms with E-state index < -0.39 is 11.9 Å². The topological polar surface area (TPSA) is 101 Å². The van der Waals surface area contributed by atoms with Gasteiger partial charge < -0.3 is 9.68 Å². The van der Waals surface area contributed by atoms with Crippen LogP contribution in [0.4, 0.5) is 0 Å². The molecule has 0 N–H and O–H groups in total. The summed E-state index contributed by atoms with van der Waals surface area (Å²) in [7, 11) is 0. The third-order valence-corrected chi connectivity index (χ3v) is 1.03. The Morgan fingerprint density at radius 2 is 1.53 bits per heavy atom. The molecule has 7 nitrogen and oxygen atoms in total. The second kappa shape index (κ2) is 6.26. The van der Waals surface area contributed by atoms with Gasteiger partial charge in [-0.15, -0.1) is 0 Å². The number of rotatable bonds is 3. The van der Waals surface area contributed by atoms with Crippen molar-refractivity contribution in [1.29, 1.82) is 5.26 Å². The molecular weight excluding hydrogens is 202 g/mol. The molecule has 0 heterocycles. The van der Waals surface area contributed by atoms with E-state index in [2.05, 4.69) is 20.0 Å². The lowest BCUT2D eigenvalue weighted by Crippen LogP contribution is -2.11. The quantitative estimate of drug-likeness (QED) is 0.381. The molecule has 0 amide bonds. The smallest absolute Gasteiger partial charge is 0.318 e. The highest BCUT2D eigenvalue weighted by Gasteiger charge is 2.06. The first-order valence-corrected chi connectivity index (χ1v) is 3.85. The van der Waals surface area contributed by atoms with Crippen LogP contribution < -0.4 is 0 Å². The summed E-state index contributed by atoms with van der Waals surface area (Å²) in [5.74, 6) is -1.29. The first-order chi connectivity index (χ1) is 6.97. The van der Waals surface area contributed by atoms with E-state index in [9.17, 15) is 9.59 Å². The molecule has 0 fully saturated rings. The summed E-state index contributed by atoms with van der Waals surface area (Å²) in [6.45, 7) is 3.68. The molecule has 0 aromatic rings. The molecule has 0 saturated heterocycles. The fraction of sp³-hybridized carbons (Fsp3) is 0.375. The van der Waals surface area contributed by atoms with Gasteiger partial charge in [0.2, 0.25) is 5.71 Å². The maximum atomic E-state index is 10.4. The van der Waals surface area contributed by atoms with Crippen LogP contribution >= 0.6 is 0 Å². The summed E-state index contributed by atoms with van der Waals surface area (Å²) < 4.78 is 0. The normalized spacial score (nSPS) is 11.6. The Balaban J connectivity index is 4.61. The lowest BCUT2D eigenvalue weighted by Gasteiger charge is -1.95. The van der Waals surface area contributed by atoms with E-state index in [0.29, 0.717) is 0 Å². The predicted molar refractivity (Wildman–Crippen MR) is 49.7 cm³/mol. The molecule has 0 aliphatic rings. The summed E-state index contributed by atoms with van der Waals surface area (Å²) in [4.78, 5) is 29.3. The summed E-state index contributed by atoms with van der Waals surface area (Å²) in [6, 6.07) is 1.63. The van der Waals surface area contributed by atoms with Gasteiger partial charge in [-0.25, -0.2) is 9.59 Å². The molecule has 0 aromatic heterocycles. The fourth-order valence-corrected chi connectivity index (χ4v) is 0.453. The average Bonchev–Trinajstić information content (AvgIpc) is 2.15. The molecule has 0 aliphatic heterocycles. The first-order valence-electron chi connectivity index (χ1n) is 3.85. The molecule has 0 aliphatic carbocycles. The van der Waals surface area contributed by atoms with E-state index in [1.165, 1.54) is 6.92 Å². The van der Waals surface area contributed by atoms with Crippen molar-refractivity contribution >= 4 is 23.4 Å². The van der Waals surface area contributed by atoms with Crippen molar-refractivity contribution in [2.75, 3.05) is 0 Å². The van der Waals surface area contributed by atoms with Crippen molar-refractivity contribution in [3.63, 3.8) is 0 Å². The summed E-state index contributed by atoms with van der Waals surface area (Å²) >= 11 is 0. The van der Waals surface area contributed by atoms with Crippen LogP contribution in [0, 0.1) is 11.3 Å². The molecule has 0 radical (unpaired) electrons. The number of nitriles is 1. The minimum absolute atomic E-state index is 0.0361. The molecule has 15 heavy (non-hydrogen) atoms. The Morgan fingerprint density at radius 1 is 1.07 bits per heavy atom. The second-order valence-corrected chi connectivity index (χ2v) is 2.39. The van der Waals surface area contributed by atoms with Gasteiger partial charge >= 0.3 is 11.9 Å². The van der Waals surface area contributed by atoms with Crippen LogP contribution in [-0.4, -0.2) is 23.4 Å². The van der Waals surface area contributed by atoms with Gasteiger partial charge in [0.05, 0.1) is 0 Å². The van der Waals surface area contributed by atoms with Crippen LogP contribution in [0.25, 0.3) is 0 Å². The van der Waals surface area contributed by atoms with Gasteiger partial charge in [-0.05, 0) is 6.92 Å². The Labute approximate surface area is 85.9 Å².